The van der Waals surface area contributed by atoms with Crippen molar-refractivity contribution in [1.29, 1.82) is 0 Å². The van der Waals surface area contributed by atoms with Gasteiger partial charge in [-0.05, 0) is 30.5 Å². The van der Waals surface area contributed by atoms with Crippen LogP contribution in [0.5, 0.6) is 0 Å². The molecule has 5 N–H and O–H groups in total. The van der Waals surface area contributed by atoms with E-state index in [9.17, 15) is 14.4 Å². The predicted molar refractivity (Wildman–Crippen MR) is 88.8 cm³/mol. The number of primary amides is 1. The van der Waals surface area contributed by atoms with Crippen LogP contribution in [0.1, 0.15) is 25.8 Å². The van der Waals surface area contributed by atoms with E-state index in [-0.39, 0.29) is 12.5 Å². The number of nitrogens with two attached hydrogens (primary N) is 1. The molecular weight excluding hydrogens is 296 g/mol. The number of carbonyl (C=O) groups is 3. The molecule has 2 atom stereocenters. The van der Waals surface area contributed by atoms with Gasteiger partial charge in [0.15, 0.2) is 0 Å². The fraction of sp³-hybridized carbons (Fsp3) is 0.438. The van der Waals surface area contributed by atoms with Crippen LogP contribution < -0.4 is 21.7 Å². The Bertz CT molecular complexity index is 574. The van der Waals surface area contributed by atoms with Crippen LogP contribution in [0.2, 0.25) is 0 Å². The molecule has 0 heterocycles. The lowest BCUT2D eigenvalue weighted by Gasteiger charge is -2.21. The van der Waals surface area contributed by atoms with Crippen molar-refractivity contribution >= 4 is 23.5 Å². The van der Waals surface area contributed by atoms with Crippen molar-refractivity contribution in [1.82, 2.24) is 10.6 Å². The van der Waals surface area contributed by atoms with Gasteiger partial charge in [0.2, 0.25) is 11.8 Å². The number of aryl methyl sites for hydroxylation is 1. The summed E-state index contributed by atoms with van der Waals surface area (Å²) in [6, 6.07) is 6.06. The zero-order valence-electron chi connectivity index (χ0n) is 13.7. The second kappa shape index (κ2) is 8.77. The Kier molecular flexibility index (Phi) is 7.05. The average molecular weight is 320 g/mol. The maximum atomic E-state index is 11.8. The number of urea groups is 1. The lowest BCUT2D eigenvalue weighted by molar-refractivity contribution is -0.127. The van der Waals surface area contributed by atoms with Gasteiger partial charge in [0.05, 0.1) is 6.54 Å². The lowest BCUT2D eigenvalue weighted by atomic mass is 9.98. The maximum absolute atomic E-state index is 11.8. The van der Waals surface area contributed by atoms with Crippen LogP contribution in [0.3, 0.4) is 0 Å². The number of nitrogens with one attached hydrogen (secondary N) is 3. The Labute approximate surface area is 136 Å². The topological polar surface area (TPSA) is 113 Å². The van der Waals surface area contributed by atoms with Crippen molar-refractivity contribution in [3.05, 3.63) is 29.8 Å². The van der Waals surface area contributed by atoms with Crippen LogP contribution in [-0.2, 0) is 9.59 Å². The number of anilines is 1. The first-order chi connectivity index (χ1) is 10.8. The maximum Gasteiger partial charge on any atom is 0.319 e. The molecule has 7 heteroatoms. The Balaban J connectivity index is 2.45. The Morgan fingerprint density at radius 2 is 1.96 bits per heavy atom. The second-order valence-corrected chi connectivity index (χ2v) is 5.51. The summed E-state index contributed by atoms with van der Waals surface area (Å²) in [6.07, 6.45) is 0.704. The summed E-state index contributed by atoms with van der Waals surface area (Å²) in [5, 5.41) is 7.60. The highest BCUT2D eigenvalue weighted by Crippen LogP contribution is 2.09. The molecule has 0 aliphatic carbocycles. The highest BCUT2D eigenvalue weighted by Gasteiger charge is 2.23. The highest BCUT2D eigenvalue weighted by atomic mass is 16.2. The summed E-state index contributed by atoms with van der Waals surface area (Å²) in [7, 11) is 0. The molecular formula is C16H24N4O3. The molecule has 0 aliphatic heterocycles. The molecule has 4 amide bonds. The monoisotopic (exact) mass is 320 g/mol. The largest absolute Gasteiger partial charge is 0.368 e. The van der Waals surface area contributed by atoms with E-state index in [1.165, 1.54) is 0 Å². The highest BCUT2D eigenvalue weighted by molar-refractivity contribution is 5.93. The van der Waals surface area contributed by atoms with Gasteiger partial charge in [0, 0.05) is 5.69 Å². The van der Waals surface area contributed by atoms with Crippen molar-refractivity contribution in [3.8, 4) is 0 Å². The third-order valence-corrected chi connectivity index (χ3v) is 3.52. The molecule has 1 aromatic rings. The number of amides is 4. The van der Waals surface area contributed by atoms with E-state index >= 15 is 0 Å². The van der Waals surface area contributed by atoms with Gasteiger partial charge in [-0.1, -0.05) is 32.4 Å². The van der Waals surface area contributed by atoms with Crippen LogP contribution in [0.4, 0.5) is 10.5 Å². The van der Waals surface area contributed by atoms with E-state index in [0.717, 1.165) is 5.56 Å². The van der Waals surface area contributed by atoms with Gasteiger partial charge >= 0.3 is 6.03 Å². The number of hydrogen-bond acceptors (Lipinski definition) is 3. The van der Waals surface area contributed by atoms with E-state index in [2.05, 4.69) is 16.0 Å². The van der Waals surface area contributed by atoms with Gasteiger partial charge in [-0.2, -0.15) is 0 Å². The first-order valence-corrected chi connectivity index (χ1v) is 7.53. The van der Waals surface area contributed by atoms with Crippen LogP contribution in [0.25, 0.3) is 0 Å². The van der Waals surface area contributed by atoms with Crippen LogP contribution in [0.15, 0.2) is 24.3 Å². The summed E-state index contributed by atoms with van der Waals surface area (Å²) in [5.74, 6) is -1.12. The molecule has 7 nitrogen and oxygen atoms in total. The molecule has 0 aromatic heterocycles. The Morgan fingerprint density at radius 3 is 2.52 bits per heavy atom. The summed E-state index contributed by atoms with van der Waals surface area (Å²) in [4.78, 5) is 34.9. The zero-order chi connectivity index (χ0) is 17.4. The Hall–Kier alpha value is -2.57. The molecule has 0 saturated carbocycles. The molecule has 1 aromatic carbocycles. The molecule has 23 heavy (non-hydrogen) atoms. The Morgan fingerprint density at radius 1 is 1.26 bits per heavy atom. The van der Waals surface area contributed by atoms with Crippen molar-refractivity contribution in [2.24, 2.45) is 11.7 Å². The lowest BCUT2D eigenvalue weighted by Crippen LogP contribution is -2.51. The standard InChI is InChI=1S/C16H24N4O3/c1-4-11(3)14(15(17)22)20-13(21)9-18-16(23)19-12-7-5-6-10(2)8-12/h5-8,11,14H,4,9H2,1-3H3,(H2,17,22)(H,20,21)(H2,18,19,23). The third kappa shape index (κ3) is 6.37. The predicted octanol–water partition coefficient (Wildman–Crippen LogP) is 1.13. The number of hydrogen-bond donors (Lipinski definition) is 4. The van der Waals surface area contributed by atoms with E-state index < -0.39 is 23.9 Å². The fourth-order valence-electron chi connectivity index (χ4n) is 2.01. The minimum atomic E-state index is -0.742. The second-order valence-electron chi connectivity index (χ2n) is 5.51. The van der Waals surface area contributed by atoms with Gasteiger partial charge in [-0.15, -0.1) is 0 Å². The van der Waals surface area contributed by atoms with Gasteiger partial charge in [0.1, 0.15) is 6.04 Å². The fourth-order valence-corrected chi connectivity index (χ4v) is 2.01. The normalized spacial score (nSPS) is 12.8. The minimum absolute atomic E-state index is 0.0717. The van der Waals surface area contributed by atoms with Crippen LogP contribution in [-0.4, -0.2) is 30.4 Å². The SMILES string of the molecule is CCC(C)C(NC(=O)CNC(=O)Nc1cccc(C)c1)C(N)=O. The smallest absolute Gasteiger partial charge is 0.319 e. The van der Waals surface area contributed by atoms with Gasteiger partial charge in [-0.25, -0.2) is 4.79 Å². The molecule has 0 saturated heterocycles. The molecule has 0 radical (unpaired) electrons. The van der Waals surface area contributed by atoms with Crippen LogP contribution >= 0.6 is 0 Å². The molecule has 0 bridgehead atoms. The molecule has 0 aliphatic rings. The van der Waals surface area contributed by atoms with E-state index in [0.29, 0.717) is 12.1 Å². The van der Waals surface area contributed by atoms with E-state index in [1.54, 1.807) is 6.07 Å². The molecule has 0 spiro atoms. The molecule has 126 valence electrons. The quantitative estimate of drug-likeness (QED) is 0.604. The summed E-state index contributed by atoms with van der Waals surface area (Å²) in [5.41, 5.74) is 6.93. The summed E-state index contributed by atoms with van der Waals surface area (Å²) in [6.45, 7) is 5.40. The first kappa shape index (κ1) is 18.5. The average Bonchev–Trinajstić information content (AvgIpc) is 2.49. The zero-order valence-corrected chi connectivity index (χ0v) is 13.7. The number of benzene rings is 1. The number of rotatable bonds is 7. The minimum Gasteiger partial charge on any atom is -0.368 e. The molecule has 2 unspecified atom stereocenters. The number of carbonyl (C=O) groups excluding carboxylic acids is 3. The van der Waals surface area contributed by atoms with Gasteiger partial charge in [0.25, 0.3) is 0 Å². The third-order valence-electron chi connectivity index (χ3n) is 3.52. The van der Waals surface area contributed by atoms with Gasteiger partial charge in [-0.3, -0.25) is 9.59 Å². The molecule has 0 fully saturated rings. The van der Waals surface area contributed by atoms with Crippen molar-refractivity contribution < 1.29 is 14.4 Å². The summed E-state index contributed by atoms with van der Waals surface area (Å²) < 4.78 is 0. The van der Waals surface area contributed by atoms with E-state index in [1.807, 2.05) is 39.0 Å². The first-order valence-electron chi connectivity index (χ1n) is 7.53. The van der Waals surface area contributed by atoms with E-state index in [4.69, 9.17) is 5.73 Å². The van der Waals surface area contributed by atoms with Gasteiger partial charge < -0.3 is 21.7 Å². The van der Waals surface area contributed by atoms with Crippen LogP contribution in [0, 0.1) is 12.8 Å². The van der Waals surface area contributed by atoms with Crippen molar-refractivity contribution in [3.63, 3.8) is 0 Å². The summed E-state index contributed by atoms with van der Waals surface area (Å²) >= 11 is 0. The van der Waals surface area contributed by atoms with Crippen molar-refractivity contribution in [2.75, 3.05) is 11.9 Å². The van der Waals surface area contributed by atoms with Crippen molar-refractivity contribution in [2.45, 2.75) is 33.2 Å². The molecule has 1 rings (SSSR count).